The maximum absolute atomic E-state index is 4.52. The number of nitrogens with one attached hydrogen (secondary N) is 1. The third kappa shape index (κ3) is 2.36. The third-order valence-electron chi connectivity index (χ3n) is 3.31. The molecule has 0 saturated heterocycles. The Morgan fingerprint density at radius 2 is 1.71 bits per heavy atom. The number of aliphatic imine (C=N–C) groups is 1. The number of aryl methyl sites for hydroxylation is 2. The molecule has 92 valence electrons. The molecule has 2 rings (SSSR count). The highest BCUT2D eigenvalue weighted by Gasteiger charge is 2.19. The van der Waals surface area contributed by atoms with Gasteiger partial charge in [-0.25, -0.2) is 0 Å². The Morgan fingerprint density at radius 1 is 1.12 bits per heavy atom. The van der Waals surface area contributed by atoms with Crippen molar-refractivity contribution >= 4 is 5.84 Å². The first kappa shape index (κ1) is 12.2. The van der Waals surface area contributed by atoms with Gasteiger partial charge in [-0.05, 0) is 36.0 Å². The number of benzene rings is 1. The van der Waals surface area contributed by atoms with Crippen LogP contribution in [0.15, 0.2) is 17.1 Å². The van der Waals surface area contributed by atoms with E-state index in [0.29, 0.717) is 0 Å². The highest BCUT2D eigenvalue weighted by atomic mass is 15.1. The van der Waals surface area contributed by atoms with E-state index in [-0.39, 0.29) is 5.41 Å². The first-order chi connectivity index (χ1) is 7.89. The van der Waals surface area contributed by atoms with Crippen molar-refractivity contribution in [3.05, 3.63) is 34.4 Å². The molecule has 2 heteroatoms. The summed E-state index contributed by atoms with van der Waals surface area (Å²) < 4.78 is 0. The smallest absolute Gasteiger partial charge is 0.128 e. The van der Waals surface area contributed by atoms with Gasteiger partial charge in [-0.15, -0.1) is 0 Å². The minimum atomic E-state index is 0.207. The summed E-state index contributed by atoms with van der Waals surface area (Å²) in [4.78, 5) is 4.52. The Morgan fingerprint density at radius 3 is 2.12 bits per heavy atom. The Hall–Kier alpha value is -1.31. The number of nitrogens with zero attached hydrogens (tertiary/aromatic N) is 1. The summed E-state index contributed by atoms with van der Waals surface area (Å²) in [7, 11) is 0. The van der Waals surface area contributed by atoms with Gasteiger partial charge in [0, 0.05) is 12.1 Å². The first-order valence-corrected chi connectivity index (χ1v) is 6.30. The number of rotatable bonds is 1. The van der Waals surface area contributed by atoms with E-state index in [1.807, 2.05) is 0 Å². The highest BCUT2D eigenvalue weighted by molar-refractivity contribution is 6.02. The van der Waals surface area contributed by atoms with Crippen molar-refractivity contribution in [3.63, 3.8) is 0 Å². The standard InChI is InChI=1S/C15H22N2/c1-10-8-12(15(3,4)5)9-11(2)13(10)14-16-6-7-17-14/h8-9H,6-7H2,1-5H3,(H,16,17). The molecule has 1 aromatic rings. The van der Waals surface area contributed by atoms with Gasteiger partial charge < -0.3 is 5.32 Å². The largest absolute Gasteiger partial charge is 0.368 e. The van der Waals surface area contributed by atoms with Crippen LogP contribution in [-0.2, 0) is 5.41 Å². The summed E-state index contributed by atoms with van der Waals surface area (Å²) in [5.74, 6) is 1.07. The summed E-state index contributed by atoms with van der Waals surface area (Å²) in [5, 5.41) is 3.36. The zero-order valence-corrected chi connectivity index (χ0v) is 11.5. The van der Waals surface area contributed by atoms with Gasteiger partial charge in [-0.1, -0.05) is 32.9 Å². The lowest BCUT2D eigenvalue weighted by atomic mass is 9.83. The van der Waals surface area contributed by atoms with Gasteiger partial charge in [-0.2, -0.15) is 0 Å². The molecule has 1 N–H and O–H groups in total. The quantitative estimate of drug-likeness (QED) is 0.788. The van der Waals surface area contributed by atoms with Crippen LogP contribution in [0, 0.1) is 13.8 Å². The van der Waals surface area contributed by atoms with Crippen molar-refractivity contribution in [1.29, 1.82) is 0 Å². The lowest BCUT2D eigenvalue weighted by Gasteiger charge is -2.22. The third-order valence-corrected chi connectivity index (χ3v) is 3.31. The average molecular weight is 230 g/mol. The maximum atomic E-state index is 4.52. The number of hydrogen-bond acceptors (Lipinski definition) is 2. The van der Waals surface area contributed by atoms with Crippen molar-refractivity contribution in [3.8, 4) is 0 Å². The van der Waals surface area contributed by atoms with Gasteiger partial charge in [0.05, 0.1) is 6.54 Å². The second-order valence-corrected chi connectivity index (χ2v) is 5.89. The summed E-state index contributed by atoms with van der Waals surface area (Å²) in [6.07, 6.45) is 0. The fraction of sp³-hybridized carbons (Fsp3) is 0.533. The molecule has 1 aliphatic rings. The Kier molecular flexibility index (Phi) is 2.98. The molecule has 0 bridgehead atoms. The van der Waals surface area contributed by atoms with Crippen LogP contribution in [0.3, 0.4) is 0 Å². The molecule has 0 amide bonds. The van der Waals surface area contributed by atoms with Crippen LogP contribution in [0.25, 0.3) is 0 Å². The molecule has 0 aliphatic carbocycles. The molecule has 17 heavy (non-hydrogen) atoms. The predicted octanol–water partition coefficient (Wildman–Crippen LogP) is 2.95. The lowest BCUT2D eigenvalue weighted by Crippen LogP contribution is -2.22. The van der Waals surface area contributed by atoms with Crippen molar-refractivity contribution in [2.24, 2.45) is 4.99 Å². The van der Waals surface area contributed by atoms with E-state index in [2.05, 4.69) is 57.1 Å². The average Bonchev–Trinajstić information content (AvgIpc) is 2.68. The minimum Gasteiger partial charge on any atom is -0.368 e. The monoisotopic (exact) mass is 230 g/mol. The molecule has 1 aromatic carbocycles. The molecule has 0 radical (unpaired) electrons. The maximum Gasteiger partial charge on any atom is 0.128 e. The molecule has 0 aromatic heterocycles. The van der Waals surface area contributed by atoms with Gasteiger partial charge >= 0.3 is 0 Å². The molecule has 1 heterocycles. The van der Waals surface area contributed by atoms with E-state index in [1.165, 1.54) is 22.3 Å². The van der Waals surface area contributed by atoms with Gasteiger partial charge in [0.2, 0.25) is 0 Å². The van der Waals surface area contributed by atoms with Crippen LogP contribution in [-0.4, -0.2) is 18.9 Å². The van der Waals surface area contributed by atoms with E-state index in [1.54, 1.807) is 0 Å². The summed E-state index contributed by atoms with van der Waals surface area (Å²) in [5.41, 5.74) is 5.54. The van der Waals surface area contributed by atoms with Crippen LogP contribution in [0.5, 0.6) is 0 Å². The second kappa shape index (κ2) is 4.17. The molecule has 0 fully saturated rings. The molecular weight excluding hydrogens is 208 g/mol. The van der Waals surface area contributed by atoms with Gasteiger partial charge in [0.15, 0.2) is 0 Å². The van der Waals surface area contributed by atoms with Crippen LogP contribution in [0.2, 0.25) is 0 Å². The molecule has 0 spiro atoms. The zero-order chi connectivity index (χ0) is 12.6. The van der Waals surface area contributed by atoms with Gasteiger partial charge in [0.25, 0.3) is 0 Å². The highest BCUT2D eigenvalue weighted by Crippen LogP contribution is 2.27. The molecule has 2 nitrogen and oxygen atoms in total. The van der Waals surface area contributed by atoms with Crippen molar-refractivity contribution in [1.82, 2.24) is 5.32 Å². The fourth-order valence-electron chi connectivity index (χ4n) is 2.34. The normalized spacial score (nSPS) is 15.7. The summed E-state index contributed by atoms with van der Waals surface area (Å²) in [6.45, 7) is 13.0. The fourth-order valence-corrected chi connectivity index (χ4v) is 2.34. The van der Waals surface area contributed by atoms with Crippen LogP contribution in [0.1, 0.15) is 43.0 Å². The van der Waals surface area contributed by atoms with Crippen molar-refractivity contribution < 1.29 is 0 Å². The minimum absolute atomic E-state index is 0.207. The Labute approximate surface area is 104 Å². The van der Waals surface area contributed by atoms with E-state index < -0.39 is 0 Å². The van der Waals surface area contributed by atoms with Crippen molar-refractivity contribution in [2.45, 2.75) is 40.0 Å². The van der Waals surface area contributed by atoms with Crippen LogP contribution < -0.4 is 5.32 Å². The van der Waals surface area contributed by atoms with E-state index in [4.69, 9.17) is 0 Å². The SMILES string of the molecule is Cc1cc(C(C)(C)C)cc(C)c1C1=NCCN1. The molecular formula is C15H22N2. The summed E-state index contributed by atoms with van der Waals surface area (Å²) >= 11 is 0. The van der Waals surface area contributed by atoms with E-state index in [9.17, 15) is 0 Å². The van der Waals surface area contributed by atoms with Gasteiger partial charge in [0.1, 0.15) is 5.84 Å². The zero-order valence-electron chi connectivity index (χ0n) is 11.5. The van der Waals surface area contributed by atoms with Gasteiger partial charge in [-0.3, -0.25) is 4.99 Å². The van der Waals surface area contributed by atoms with E-state index in [0.717, 1.165) is 18.9 Å². The van der Waals surface area contributed by atoms with Crippen LogP contribution >= 0.6 is 0 Å². The number of amidine groups is 1. The van der Waals surface area contributed by atoms with Crippen molar-refractivity contribution in [2.75, 3.05) is 13.1 Å². The predicted molar refractivity (Wildman–Crippen MR) is 74.0 cm³/mol. The molecule has 1 aliphatic heterocycles. The Balaban J connectivity index is 2.50. The Bertz CT molecular complexity index is 441. The van der Waals surface area contributed by atoms with Crippen LogP contribution in [0.4, 0.5) is 0 Å². The first-order valence-electron chi connectivity index (χ1n) is 6.30. The molecule has 0 saturated carbocycles. The second-order valence-electron chi connectivity index (χ2n) is 5.89. The topological polar surface area (TPSA) is 24.4 Å². The molecule has 0 atom stereocenters. The molecule has 0 unspecified atom stereocenters. The summed E-state index contributed by atoms with van der Waals surface area (Å²) in [6, 6.07) is 4.59. The lowest BCUT2D eigenvalue weighted by molar-refractivity contribution is 0.589. The van der Waals surface area contributed by atoms with E-state index >= 15 is 0 Å². The number of hydrogen-bond donors (Lipinski definition) is 1.